The lowest BCUT2D eigenvalue weighted by atomic mass is 10.1. The first-order valence-corrected chi connectivity index (χ1v) is 12.8. The summed E-state index contributed by atoms with van der Waals surface area (Å²) in [4.78, 5) is 5.55. The van der Waals surface area contributed by atoms with Gasteiger partial charge in [0.2, 0.25) is 5.96 Å². The summed E-state index contributed by atoms with van der Waals surface area (Å²) in [6.45, 7) is 4.18. The second kappa shape index (κ2) is 10.4. The summed E-state index contributed by atoms with van der Waals surface area (Å²) >= 11 is 13.3. The van der Waals surface area contributed by atoms with Crippen LogP contribution in [0.2, 0.25) is 10.0 Å². The van der Waals surface area contributed by atoms with Crippen LogP contribution in [0.4, 0.5) is 0 Å². The molecule has 0 amide bonds. The number of hydrogen-bond acceptors (Lipinski definition) is 5. The summed E-state index contributed by atoms with van der Waals surface area (Å²) in [7, 11) is -3.87. The molecule has 1 aliphatic heterocycles. The van der Waals surface area contributed by atoms with Gasteiger partial charge in [-0.05, 0) is 67.8 Å². The number of hydrazone groups is 1. The summed E-state index contributed by atoms with van der Waals surface area (Å²) in [6, 6.07) is 14.9. The number of benzene rings is 2. The van der Waals surface area contributed by atoms with Crippen molar-refractivity contribution in [2.45, 2.75) is 30.7 Å². The first kappa shape index (κ1) is 24.8. The van der Waals surface area contributed by atoms with Gasteiger partial charge in [0.1, 0.15) is 0 Å². The van der Waals surface area contributed by atoms with Crippen LogP contribution in [-0.2, 0) is 10.2 Å². The molecule has 0 radical (unpaired) electrons. The van der Waals surface area contributed by atoms with Gasteiger partial charge in [-0.2, -0.15) is 18.2 Å². The fourth-order valence-electron chi connectivity index (χ4n) is 2.92. The third-order valence-corrected chi connectivity index (χ3v) is 6.47. The fraction of sp³-hybridized carbons (Fsp3) is 0.300. The average molecular weight is 515 g/mol. The van der Waals surface area contributed by atoms with E-state index in [0.717, 1.165) is 22.6 Å². The van der Waals surface area contributed by atoms with Crippen LogP contribution < -0.4 is 14.6 Å². The Bertz CT molecular complexity index is 1100. The Morgan fingerprint density at radius 1 is 1.16 bits per heavy atom. The van der Waals surface area contributed by atoms with Gasteiger partial charge >= 0.3 is 0 Å². The van der Waals surface area contributed by atoms with Gasteiger partial charge in [0.05, 0.1) is 18.8 Å². The molecule has 2 aromatic rings. The Balaban J connectivity index is 1.80. The minimum absolute atomic E-state index is 0.148. The van der Waals surface area contributed by atoms with E-state index in [0.29, 0.717) is 22.5 Å². The highest BCUT2D eigenvalue weighted by Crippen LogP contribution is 2.21. The van der Waals surface area contributed by atoms with E-state index in [9.17, 15) is 8.42 Å². The van der Waals surface area contributed by atoms with Gasteiger partial charge in [-0.1, -0.05) is 35.3 Å². The maximum absolute atomic E-state index is 11.5. The van der Waals surface area contributed by atoms with Gasteiger partial charge in [-0.25, -0.2) is 15.1 Å². The summed E-state index contributed by atoms with van der Waals surface area (Å²) in [5, 5.41) is 12.9. The lowest BCUT2D eigenvalue weighted by Gasteiger charge is -2.24. The van der Waals surface area contributed by atoms with Gasteiger partial charge in [-0.15, -0.1) is 0 Å². The molecule has 172 valence electrons. The van der Waals surface area contributed by atoms with Crippen molar-refractivity contribution in [3.05, 3.63) is 64.1 Å². The maximum Gasteiger partial charge on any atom is 0.274 e. The summed E-state index contributed by atoms with van der Waals surface area (Å²) in [6.07, 6.45) is 0.729. The van der Waals surface area contributed by atoms with Gasteiger partial charge in [-0.3, -0.25) is 4.72 Å². The largest absolute Gasteiger partial charge is 0.295 e. The van der Waals surface area contributed by atoms with Gasteiger partial charge in [0.25, 0.3) is 10.2 Å². The van der Waals surface area contributed by atoms with Crippen LogP contribution in [0.5, 0.6) is 0 Å². The summed E-state index contributed by atoms with van der Waals surface area (Å²) < 4.78 is 28.5. The van der Waals surface area contributed by atoms with E-state index < -0.39 is 15.7 Å². The van der Waals surface area contributed by atoms with Crippen molar-refractivity contribution < 1.29 is 8.42 Å². The molecule has 3 rings (SSSR count). The van der Waals surface area contributed by atoms with Crippen LogP contribution in [0, 0.1) is 0 Å². The van der Waals surface area contributed by atoms with Gasteiger partial charge in [0, 0.05) is 26.9 Å². The van der Waals surface area contributed by atoms with E-state index in [2.05, 4.69) is 14.4 Å². The molecule has 8 nitrogen and oxygen atoms in total. The van der Waals surface area contributed by atoms with Gasteiger partial charge in [0.15, 0.2) is 0 Å². The third kappa shape index (κ3) is 7.65. The van der Waals surface area contributed by atoms with Crippen molar-refractivity contribution in [2.24, 2.45) is 15.2 Å². The van der Waals surface area contributed by atoms with E-state index in [1.165, 1.54) is 11.9 Å². The number of rotatable bonds is 7. The molecule has 0 fully saturated rings. The molecule has 0 aromatic heterocycles. The molecule has 0 bridgehead atoms. The predicted molar refractivity (Wildman–Crippen MR) is 132 cm³/mol. The minimum Gasteiger partial charge on any atom is -0.295 e. The van der Waals surface area contributed by atoms with Crippen molar-refractivity contribution in [2.75, 3.05) is 13.1 Å². The Hall–Kier alpha value is -1.82. The molecule has 0 saturated heterocycles. The smallest absolute Gasteiger partial charge is 0.274 e. The quantitative estimate of drug-likeness (QED) is 0.296. The van der Waals surface area contributed by atoms with Gasteiger partial charge < -0.3 is 0 Å². The normalized spacial score (nSPS) is 15.1. The molecule has 0 unspecified atom stereocenters. The fourth-order valence-corrected chi connectivity index (χ4v) is 4.66. The van der Waals surface area contributed by atoms with E-state index in [1.807, 2.05) is 36.4 Å². The first-order valence-electron chi connectivity index (χ1n) is 9.66. The van der Waals surface area contributed by atoms with Crippen molar-refractivity contribution in [3.63, 3.8) is 0 Å². The Labute approximate surface area is 202 Å². The van der Waals surface area contributed by atoms with Crippen LogP contribution in [0.3, 0.4) is 0 Å². The average Bonchev–Trinajstić information content (AvgIpc) is 3.18. The van der Waals surface area contributed by atoms with Crippen molar-refractivity contribution in [1.82, 2.24) is 14.5 Å². The van der Waals surface area contributed by atoms with E-state index in [1.54, 1.807) is 31.0 Å². The molecule has 0 spiro atoms. The number of guanidine groups is 1. The Kier molecular flexibility index (Phi) is 8.07. The Morgan fingerprint density at radius 3 is 2.34 bits per heavy atom. The summed E-state index contributed by atoms with van der Waals surface area (Å²) in [5.41, 5.74) is 1.01. The van der Waals surface area contributed by atoms with Crippen molar-refractivity contribution in [3.8, 4) is 0 Å². The highest BCUT2D eigenvalue weighted by Gasteiger charge is 2.25. The number of nitrogens with one attached hydrogen (secondary N) is 2. The molecule has 32 heavy (non-hydrogen) atoms. The summed E-state index contributed by atoms with van der Waals surface area (Å²) in [5.74, 6) is 0.498. The number of nitrogens with two attached hydrogens (primary N) is 1. The molecular formula is C20H24Cl2N6O2S2. The minimum atomic E-state index is -3.87. The third-order valence-electron chi connectivity index (χ3n) is 4.34. The van der Waals surface area contributed by atoms with Crippen LogP contribution in [0.25, 0.3) is 0 Å². The predicted octanol–water partition coefficient (Wildman–Crippen LogP) is 3.63. The van der Waals surface area contributed by atoms with Crippen LogP contribution in [0.1, 0.15) is 25.8 Å². The lowest BCUT2D eigenvalue weighted by Crippen LogP contribution is -2.49. The Morgan fingerprint density at radius 2 is 1.75 bits per heavy atom. The molecule has 0 saturated carbocycles. The second-order valence-corrected chi connectivity index (χ2v) is 10.8. The van der Waals surface area contributed by atoms with Crippen molar-refractivity contribution in [1.29, 1.82) is 0 Å². The second-order valence-electron chi connectivity index (χ2n) is 7.76. The lowest BCUT2D eigenvalue weighted by molar-refractivity contribution is 0.447. The van der Waals surface area contributed by atoms with E-state index in [4.69, 9.17) is 33.4 Å². The topological polar surface area (TPSA) is 112 Å². The van der Waals surface area contributed by atoms with Crippen LogP contribution in [-0.4, -0.2) is 43.7 Å². The highest BCUT2D eigenvalue weighted by atomic mass is 35.5. The zero-order valence-electron chi connectivity index (χ0n) is 17.5. The van der Waals surface area contributed by atoms with Crippen LogP contribution >= 0.6 is 35.1 Å². The number of hydrogen-bond donors (Lipinski definition) is 3. The number of halogens is 2. The highest BCUT2D eigenvalue weighted by molar-refractivity contribution is 7.98. The van der Waals surface area contributed by atoms with Crippen LogP contribution in [0.15, 0.2) is 63.5 Å². The maximum atomic E-state index is 11.5. The zero-order chi connectivity index (χ0) is 23.4. The SMILES string of the molecule is CC(C)(CN=C(NSc1ccc(Cl)cc1)N1CCC(c2ccc(Cl)cc2)=N1)NS(N)(=O)=O. The molecule has 1 aliphatic rings. The number of aliphatic imine (C=N–C) groups is 1. The van der Waals surface area contributed by atoms with E-state index >= 15 is 0 Å². The zero-order valence-corrected chi connectivity index (χ0v) is 20.7. The molecule has 1 heterocycles. The molecule has 4 N–H and O–H groups in total. The van der Waals surface area contributed by atoms with E-state index in [-0.39, 0.29) is 6.54 Å². The molecular weight excluding hydrogens is 491 g/mol. The molecule has 2 aromatic carbocycles. The van der Waals surface area contributed by atoms with Crippen molar-refractivity contribution >= 4 is 57.0 Å². The first-order chi connectivity index (χ1) is 15.0. The molecule has 12 heteroatoms. The standard InChI is InChI=1S/C20H24Cl2N6O2S2/c1-20(2,27-32(23,29)30)13-24-19(26-31-17-9-7-16(22)8-10-17)28-12-11-18(25-28)14-3-5-15(21)6-4-14/h3-10,27H,11-13H2,1-2H3,(H,24,26)(H2,23,29,30). The monoisotopic (exact) mass is 514 g/mol. The molecule has 0 atom stereocenters. The molecule has 0 aliphatic carbocycles. The number of nitrogens with zero attached hydrogens (tertiary/aromatic N) is 3.